The van der Waals surface area contributed by atoms with Gasteiger partial charge in [-0.25, -0.2) is 4.98 Å². The number of rotatable bonds is 9. The molecule has 1 heterocycles. The second kappa shape index (κ2) is 9.90. The van der Waals surface area contributed by atoms with Crippen LogP contribution >= 0.6 is 0 Å². The van der Waals surface area contributed by atoms with Crippen LogP contribution in [0.2, 0.25) is 0 Å². The molecule has 0 N–H and O–H groups in total. The lowest BCUT2D eigenvalue weighted by atomic mass is 10.0. The van der Waals surface area contributed by atoms with Gasteiger partial charge in [-0.05, 0) is 55.0 Å². The minimum atomic E-state index is -0.506. The van der Waals surface area contributed by atoms with E-state index in [2.05, 4.69) is 11.9 Å². The first-order valence-corrected chi connectivity index (χ1v) is 11.4. The molecule has 2 aromatic carbocycles. The molecule has 1 aliphatic rings. The number of aryl methyl sites for hydroxylation is 4. The Labute approximate surface area is 187 Å². The van der Waals surface area contributed by atoms with Crippen molar-refractivity contribution in [1.82, 2.24) is 9.55 Å². The first-order valence-electron chi connectivity index (χ1n) is 11.4. The monoisotopic (exact) mass is 432 g/mol. The van der Waals surface area contributed by atoms with Crippen LogP contribution in [0, 0.1) is 0 Å². The molecular formula is C26H28N2O4. The van der Waals surface area contributed by atoms with E-state index in [0.29, 0.717) is 17.8 Å². The lowest BCUT2D eigenvalue weighted by molar-refractivity contribution is -0.142. The molecule has 0 unspecified atom stereocenters. The van der Waals surface area contributed by atoms with E-state index < -0.39 is 5.97 Å². The van der Waals surface area contributed by atoms with Crippen LogP contribution in [0.1, 0.15) is 59.8 Å². The zero-order valence-corrected chi connectivity index (χ0v) is 18.4. The van der Waals surface area contributed by atoms with Crippen molar-refractivity contribution in [2.24, 2.45) is 0 Å². The Kier molecular flexibility index (Phi) is 6.78. The van der Waals surface area contributed by atoms with Gasteiger partial charge in [0, 0.05) is 18.5 Å². The van der Waals surface area contributed by atoms with E-state index in [0.717, 1.165) is 43.1 Å². The molecule has 6 heteroatoms. The van der Waals surface area contributed by atoms with Crippen LogP contribution in [0.5, 0.6) is 0 Å². The molecule has 3 aromatic rings. The number of hydrogen-bond acceptors (Lipinski definition) is 5. The molecular weight excluding hydrogens is 404 g/mol. The number of fused-ring (bicyclic) bond motifs is 2. The third kappa shape index (κ3) is 4.79. The number of para-hydroxylation sites is 2. The minimum Gasteiger partial charge on any atom is -0.457 e. The fourth-order valence-electron chi connectivity index (χ4n) is 4.21. The summed E-state index contributed by atoms with van der Waals surface area (Å²) in [6.07, 6.45) is 5.22. The summed E-state index contributed by atoms with van der Waals surface area (Å²) in [4.78, 5) is 42.1. The quantitative estimate of drug-likeness (QED) is 0.377. The van der Waals surface area contributed by atoms with Crippen LogP contribution < -0.4 is 5.56 Å². The van der Waals surface area contributed by atoms with Gasteiger partial charge in [0.1, 0.15) is 5.69 Å². The predicted molar refractivity (Wildman–Crippen MR) is 123 cm³/mol. The summed E-state index contributed by atoms with van der Waals surface area (Å²) in [5.74, 6) is -0.715. The Hall–Kier alpha value is -3.28. The van der Waals surface area contributed by atoms with Crippen molar-refractivity contribution in [3.05, 3.63) is 75.2 Å². The molecule has 0 amide bonds. The number of esters is 1. The zero-order valence-electron chi connectivity index (χ0n) is 18.4. The van der Waals surface area contributed by atoms with Gasteiger partial charge < -0.3 is 9.30 Å². The van der Waals surface area contributed by atoms with Crippen molar-refractivity contribution in [3.63, 3.8) is 0 Å². The van der Waals surface area contributed by atoms with Gasteiger partial charge in [0.2, 0.25) is 0 Å². The number of benzene rings is 2. The Balaban J connectivity index is 1.39. The largest absolute Gasteiger partial charge is 0.457 e. The molecule has 6 nitrogen and oxygen atoms in total. The van der Waals surface area contributed by atoms with Crippen LogP contribution in [0.15, 0.2) is 47.3 Å². The number of hydrogen-bond donors (Lipinski definition) is 0. The number of carbonyl (C=O) groups is 2. The minimum absolute atomic E-state index is 0.00578. The average Bonchev–Trinajstić information content (AvgIpc) is 3.28. The number of carbonyl (C=O) groups excluding carboxylic acids is 2. The summed E-state index contributed by atoms with van der Waals surface area (Å²) < 4.78 is 6.94. The number of ether oxygens (including phenoxy) is 1. The number of nitrogens with zero attached hydrogens (tertiary/aromatic N) is 2. The van der Waals surface area contributed by atoms with Gasteiger partial charge in [0.15, 0.2) is 12.4 Å². The lowest BCUT2D eigenvalue weighted by Gasteiger charge is -2.12. The van der Waals surface area contributed by atoms with Crippen molar-refractivity contribution in [2.45, 2.75) is 58.4 Å². The molecule has 0 fully saturated rings. The first kappa shape index (κ1) is 21.9. The van der Waals surface area contributed by atoms with Crippen LogP contribution in [0.25, 0.3) is 11.0 Å². The summed E-state index contributed by atoms with van der Waals surface area (Å²) in [5.41, 5.74) is 4.81. The van der Waals surface area contributed by atoms with Gasteiger partial charge in [0.05, 0.1) is 17.5 Å². The van der Waals surface area contributed by atoms with Gasteiger partial charge >= 0.3 is 5.97 Å². The normalized spacial score (nSPS) is 12.7. The van der Waals surface area contributed by atoms with Crippen molar-refractivity contribution in [1.29, 1.82) is 0 Å². The Bertz CT molecular complexity index is 1210. The van der Waals surface area contributed by atoms with E-state index in [-0.39, 0.29) is 30.8 Å². The topological polar surface area (TPSA) is 78.3 Å². The average molecular weight is 433 g/mol. The smallest absolute Gasteiger partial charge is 0.306 e. The third-order valence-corrected chi connectivity index (χ3v) is 6.01. The molecule has 32 heavy (non-hydrogen) atoms. The molecule has 0 aliphatic heterocycles. The van der Waals surface area contributed by atoms with Gasteiger partial charge in [-0.15, -0.1) is 0 Å². The van der Waals surface area contributed by atoms with Crippen molar-refractivity contribution >= 4 is 22.8 Å². The standard InChI is InChI=1S/C26H28N2O4/c1-2-3-15-28-23-10-5-4-9-21(23)27-22(26(28)31)13-14-25(30)32-17-24(29)20-12-11-18-7-6-8-19(18)16-20/h4-5,9-12,16H,2-3,6-8,13-15,17H2,1H3. The van der Waals surface area contributed by atoms with Crippen LogP contribution in [-0.2, 0) is 35.3 Å². The fourth-order valence-corrected chi connectivity index (χ4v) is 4.21. The molecule has 0 atom stereocenters. The molecule has 0 radical (unpaired) electrons. The molecule has 0 saturated heterocycles. The molecule has 0 saturated carbocycles. The lowest BCUT2D eigenvalue weighted by Crippen LogP contribution is -2.26. The Morgan fingerprint density at radius 1 is 1.09 bits per heavy atom. The zero-order chi connectivity index (χ0) is 22.5. The van der Waals surface area contributed by atoms with Gasteiger partial charge in [-0.2, -0.15) is 0 Å². The van der Waals surface area contributed by atoms with Crippen LogP contribution in [0.4, 0.5) is 0 Å². The highest BCUT2D eigenvalue weighted by atomic mass is 16.5. The summed E-state index contributed by atoms with van der Waals surface area (Å²) >= 11 is 0. The molecule has 4 rings (SSSR count). The van der Waals surface area contributed by atoms with E-state index in [1.165, 1.54) is 11.1 Å². The van der Waals surface area contributed by atoms with Gasteiger partial charge in [-0.3, -0.25) is 14.4 Å². The molecule has 1 aliphatic carbocycles. The number of aromatic nitrogens is 2. The maximum atomic E-state index is 12.9. The van der Waals surface area contributed by atoms with Crippen molar-refractivity contribution < 1.29 is 14.3 Å². The van der Waals surface area contributed by atoms with Crippen molar-refractivity contribution in [2.75, 3.05) is 6.61 Å². The highest BCUT2D eigenvalue weighted by Crippen LogP contribution is 2.23. The van der Waals surface area contributed by atoms with E-state index >= 15 is 0 Å². The van der Waals surface area contributed by atoms with Crippen LogP contribution in [0.3, 0.4) is 0 Å². The predicted octanol–water partition coefficient (Wildman–Crippen LogP) is 4.04. The molecule has 166 valence electrons. The highest BCUT2D eigenvalue weighted by Gasteiger charge is 2.17. The first-order chi connectivity index (χ1) is 15.6. The summed E-state index contributed by atoms with van der Waals surface area (Å²) in [6, 6.07) is 13.2. The van der Waals surface area contributed by atoms with Gasteiger partial charge in [0.25, 0.3) is 5.56 Å². The summed E-state index contributed by atoms with van der Waals surface area (Å²) in [6.45, 7) is 2.41. The highest BCUT2D eigenvalue weighted by molar-refractivity contribution is 5.98. The Morgan fingerprint density at radius 3 is 2.75 bits per heavy atom. The van der Waals surface area contributed by atoms with Crippen LogP contribution in [-0.4, -0.2) is 27.9 Å². The second-order valence-electron chi connectivity index (χ2n) is 8.28. The molecule has 0 spiro atoms. The van der Waals surface area contributed by atoms with E-state index in [4.69, 9.17) is 4.74 Å². The third-order valence-electron chi connectivity index (χ3n) is 6.01. The summed E-state index contributed by atoms with van der Waals surface area (Å²) in [7, 11) is 0. The summed E-state index contributed by atoms with van der Waals surface area (Å²) in [5, 5.41) is 0. The maximum absolute atomic E-state index is 12.9. The number of ketones is 1. The SMILES string of the molecule is CCCCn1c(=O)c(CCC(=O)OCC(=O)c2ccc3c(c2)CCC3)nc2ccccc21. The number of unbranched alkanes of at least 4 members (excludes halogenated alkanes) is 1. The van der Waals surface area contributed by atoms with E-state index in [1.54, 1.807) is 10.6 Å². The fraction of sp³-hybridized carbons (Fsp3) is 0.385. The number of Topliss-reactive ketones (excluding diaryl/α,β-unsaturated/α-hetero) is 1. The van der Waals surface area contributed by atoms with Gasteiger partial charge in [-0.1, -0.05) is 37.6 Å². The maximum Gasteiger partial charge on any atom is 0.306 e. The molecule has 0 bridgehead atoms. The van der Waals surface area contributed by atoms with E-state index in [9.17, 15) is 14.4 Å². The Morgan fingerprint density at radius 2 is 1.91 bits per heavy atom. The molecule has 1 aromatic heterocycles. The second-order valence-corrected chi connectivity index (χ2v) is 8.28. The van der Waals surface area contributed by atoms with E-state index in [1.807, 2.05) is 36.4 Å². The van der Waals surface area contributed by atoms with Crippen molar-refractivity contribution in [3.8, 4) is 0 Å².